The molecule has 3 amide bonds. The lowest BCUT2D eigenvalue weighted by molar-refractivity contribution is -0.120. The van der Waals surface area contributed by atoms with Gasteiger partial charge >= 0.3 is 6.03 Å². The van der Waals surface area contributed by atoms with Crippen LogP contribution >= 0.6 is 0 Å². The number of hydrogen-bond donors (Lipinski definition) is 1. The number of halogens is 2. The van der Waals surface area contributed by atoms with Crippen molar-refractivity contribution in [3.63, 3.8) is 0 Å². The van der Waals surface area contributed by atoms with Gasteiger partial charge in [0.05, 0.1) is 5.54 Å². The molecule has 5 aliphatic heterocycles. The molecular weight excluding hydrogens is 392 g/mol. The van der Waals surface area contributed by atoms with Crippen LogP contribution in [0.1, 0.15) is 32.6 Å². The number of piperidine rings is 1. The number of alkyl halides is 2. The van der Waals surface area contributed by atoms with E-state index in [1.807, 2.05) is 16.7 Å². The summed E-state index contributed by atoms with van der Waals surface area (Å²) in [4.78, 5) is 34.5. The topological polar surface area (TPSA) is 68.2 Å². The molecule has 0 aromatic carbocycles. The van der Waals surface area contributed by atoms with E-state index in [4.69, 9.17) is 0 Å². The van der Waals surface area contributed by atoms with Crippen LogP contribution in [0.5, 0.6) is 0 Å². The minimum Gasteiger partial charge on any atom is -0.347 e. The third-order valence-electron chi connectivity index (χ3n) is 7.75. The number of hydrogen-bond acceptors (Lipinski definition) is 4. The molecule has 9 heteroatoms. The fourth-order valence-electron chi connectivity index (χ4n) is 5.66. The van der Waals surface area contributed by atoms with E-state index in [-0.39, 0.29) is 34.4 Å². The molecule has 1 N–H and O–H groups in total. The summed E-state index contributed by atoms with van der Waals surface area (Å²) in [6.45, 7) is 7.13. The maximum Gasteiger partial charge on any atom is 0.320 e. The number of urea groups is 1. The van der Waals surface area contributed by atoms with Crippen LogP contribution in [-0.2, 0) is 4.79 Å². The largest absolute Gasteiger partial charge is 0.347 e. The molecular formula is C21H29F2N5O2. The van der Waals surface area contributed by atoms with Crippen molar-refractivity contribution < 1.29 is 18.4 Å². The van der Waals surface area contributed by atoms with Crippen molar-refractivity contribution in [3.05, 3.63) is 11.8 Å². The van der Waals surface area contributed by atoms with Crippen molar-refractivity contribution in [2.75, 3.05) is 45.8 Å². The Morgan fingerprint density at radius 3 is 2.43 bits per heavy atom. The Labute approximate surface area is 175 Å². The number of carbonyl (C=O) groups excluding carboxylic acids is 2. The van der Waals surface area contributed by atoms with Gasteiger partial charge in [0, 0.05) is 68.0 Å². The minimum atomic E-state index is -2.43. The van der Waals surface area contributed by atoms with E-state index in [2.05, 4.69) is 15.2 Å². The molecule has 4 fully saturated rings. The first-order chi connectivity index (χ1) is 14.3. The smallest absolute Gasteiger partial charge is 0.320 e. The third-order valence-corrected chi connectivity index (χ3v) is 7.75. The van der Waals surface area contributed by atoms with Crippen LogP contribution in [0.3, 0.4) is 0 Å². The predicted molar refractivity (Wildman–Crippen MR) is 107 cm³/mol. The molecule has 5 rings (SSSR count). The number of carbonyl (C=O) groups is 2. The van der Waals surface area contributed by atoms with Crippen molar-refractivity contribution in [1.82, 2.24) is 20.0 Å². The average molecular weight is 421 g/mol. The Bertz CT molecular complexity index is 804. The molecule has 0 aromatic heterocycles. The number of likely N-dealkylation sites (tertiary alicyclic amines) is 3. The van der Waals surface area contributed by atoms with Gasteiger partial charge in [-0.05, 0) is 32.4 Å². The summed E-state index contributed by atoms with van der Waals surface area (Å²) in [5.74, 6) is -0.182. The number of nitrogens with one attached hydrogen (secondary N) is 1. The van der Waals surface area contributed by atoms with Gasteiger partial charge in [-0.2, -0.15) is 0 Å². The molecule has 1 unspecified atom stereocenters. The quantitative estimate of drug-likeness (QED) is 0.755. The zero-order chi connectivity index (χ0) is 21.1. The van der Waals surface area contributed by atoms with Crippen LogP contribution < -0.4 is 5.32 Å². The van der Waals surface area contributed by atoms with Crippen LogP contribution in [-0.4, -0.2) is 90.1 Å². The van der Waals surface area contributed by atoms with Crippen molar-refractivity contribution in [1.29, 1.82) is 0 Å². The Morgan fingerprint density at radius 1 is 1.20 bits per heavy atom. The third kappa shape index (κ3) is 3.31. The lowest BCUT2D eigenvalue weighted by Crippen LogP contribution is -2.73. The highest BCUT2D eigenvalue weighted by Gasteiger charge is 2.53. The highest BCUT2D eigenvalue weighted by molar-refractivity contribution is 5.93. The van der Waals surface area contributed by atoms with Crippen LogP contribution in [0.25, 0.3) is 0 Å². The van der Waals surface area contributed by atoms with Gasteiger partial charge in [0.25, 0.3) is 6.43 Å². The summed E-state index contributed by atoms with van der Waals surface area (Å²) in [5.41, 5.74) is 0.986. The molecule has 30 heavy (non-hydrogen) atoms. The molecule has 164 valence electrons. The van der Waals surface area contributed by atoms with E-state index in [1.54, 1.807) is 0 Å². The van der Waals surface area contributed by atoms with E-state index >= 15 is 0 Å². The van der Waals surface area contributed by atoms with Crippen molar-refractivity contribution in [2.45, 2.75) is 44.6 Å². The first-order valence-electron chi connectivity index (χ1n) is 10.9. The standard InChI is InChI=1S/C21H29F2N5O2/c1-14-15(18(22)23)8-24-16(14)9-26-6-4-20(5-7-26)10-27(11-20)19(30)28-12-21(13-28)3-2-17(29)25-21/h8,14,18H,2-7,9-13H2,1H3,(H,25,29). The molecule has 0 bridgehead atoms. The predicted octanol–water partition coefficient (Wildman–Crippen LogP) is 1.71. The SMILES string of the molecule is CC1C(C(F)F)=CN=C1CN1CCC2(CC1)CN(C(=O)N1CC3(CCC(=O)N3)C1)C2. The average Bonchev–Trinajstić information content (AvgIpc) is 3.22. The molecule has 0 aromatic rings. The summed E-state index contributed by atoms with van der Waals surface area (Å²) >= 11 is 0. The fourth-order valence-corrected chi connectivity index (χ4v) is 5.66. The van der Waals surface area contributed by atoms with Crippen molar-refractivity contribution in [3.8, 4) is 0 Å². The molecule has 4 saturated heterocycles. The molecule has 5 heterocycles. The second-order valence-corrected chi connectivity index (χ2v) is 9.87. The van der Waals surface area contributed by atoms with Crippen LogP contribution in [0.15, 0.2) is 16.8 Å². The molecule has 0 radical (unpaired) electrons. The highest BCUT2D eigenvalue weighted by atomic mass is 19.3. The van der Waals surface area contributed by atoms with Crippen LogP contribution in [0, 0.1) is 11.3 Å². The summed E-state index contributed by atoms with van der Waals surface area (Å²) in [6, 6.07) is 0.0922. The van der Waals surface area contributed by atoms with Crippen molar-refractivity contribution >= 4 is 17.6 Å². The summed E-state index contributed by atoms with van der Waals surface area (Å²) in [6.07, 6.45) is 2.34. The zero-order valence-electron chi connectivity index (χ0n) is 17.4. The summed E-state index contributed by atoms with van der Waals surface area (Å²) < 4.78 is 26.0. The normalized spacial score (nSPS) is 29.7. The molecule has 0 aliphatic carbocycles. The lowest BCUT2D eigenvalue weighted by atomic mass is 9.72. The number of amides is 3. The molecule has 1 atom stereocenters. The molecule has 5 aliphatic rings. The summed E-state index contributed by atoms with van der Waals surface area (Å²) in [5, 5.41) is 3.02. The van der Waals surface area contributed by atoms with E-state index in [9.17, 15) is 18.4 Å². The zero-order valence-corrected chi connectivity index (χ0v) is 17.4. The first-order valence-corrected chi connectivity index (χ1v) is 10.9. The Hall–Kier alpha value is -2.03. The van der Waals surface area contributed by atoms with Gasteiger partial charge in [0.2, 0.25) is 5.91 Å². The van der Waals surface area contributed by atoms with Crippen LogP contribution in [0.2, 0.25) is 0 Å². The van der Waals surface area contributed by atoms with Crippen LogP contribution in [0.4, 0.5) is 13.6 Å². The van der Waals surface area contributed by atoms with Gasteiger partial charge in [0.1, 0.15) is 0 Å². The maximum absolute atomic E-state index is 13.0. The lowest BCUT2D eigenvalue weighted by Gasteiger charge is -2.57. The number of aliphatic imine (C=N–C) groups is 1. The van der Waals surface area contributed by atoms with E-state index < -0.39 is 6.43 Å². The van der Waals surface area contributed by atoms with E-state index in [1.165, 1.54) is 6.20 Å². The Balaban J connectivity index is 1.05. The van der Waals surface area contributed by atoms with Gasteiger partial charge in [-0.25, -0.2) is 13.6 Å². The second kappa shape index (κ2) is 7.00. The molecule has 7 nitrogen and oxygen atoms in total. The van der Waals surface area contributed by atoms with Gasteiger partial charge in [0.15, 0.2) is 0 Å². The monoisotopic (exact) mass is 421 g/mol. The Kier molecular flexibility index (Phi) is 4.65. The van der Waals surface area contributed by atoms with E-state index in [0.29, 0.717) is 26.1 Å². The maximum atomic E-state index is 13.0. The van der Waals surface area contributed by atoms with Gasteiger partial charge in [-0.3, -0.25) is 14.7 Å². The minimum absolute atomic E-state index is 0.0922. The van der Waals surface area contributed by atoms with E-state index in [0.717, 1.165) is 51.2 Å². The fraction of sp³-hybridized carbons (Fsp3) is 0.762. The molecule has 2 spiro atoms. The second-order valence-electron chi connectivity index (χ2n) is 9.87. The highest BCUT2D eigenvalue weighted by Crippen LogP contribution is 2.42. The van der Waals surface area contributed by atoms with Gasteiger partial charge < -0.3 is 15.1 Å². The van der Waals surface area contributed by atoms with Gasteiger partial charge in [-0.1, -0.05) is 6.92 Å². The van der Waals surface area contributed by atoms with Gasteiger partial charge in [-0.15, -0.1) is 0 Å². The van der Waals surface area contributed by atoms with Crippen molar-refractivity contribution in [2.24, 2.45) is 16.3 Å². The number of nitrogens with zero attached hydrogens (tertiary/aromatic N) is 4. The number of allylic oxidation sites excluding steroid dienone is 1. The summed E-state index contributed by atoms with van der Waals surface area (Å²) in [7, 11) is 0. The number of rotatable bonds is 3. The molecule has 0 saturated carbocycles. The Morgan fingerprint density at radius 2 is 1.87 bits per heavy atom. The first kappa shape index (κ1) is 19.9.